The summed E-state index contributed by atoms with van der Waals surface area (Å²) >= 11 is 3.48. The first kappa shape index (κ1) is 21.8. The third kappa shape index (κ3) is 19.8. The van der Waals surface area contributed by atoms with Crippen molar-refractivity contribution in [3.05, 3.63) is 0 Å². The van der Waals surface area contributed by atoms with Crippen molar-refractivity contribution in [2.75, 3.05) is 5.33 Å². The second-order valence-corrected chi connectivity index (χ2v) is 6.08. The van der Waals surface area contributed by atoms with Crippen LogP contribution in [0.3, 0.4) is 0 Å². The molecule has 0 aromatic carbocycles. The van der Waals surface area contributed by atoms with Gasteiger partial charge in [-0.15, -0.1) is 0 Å². The van der Waals surface area contributed by atoms with Crippen molar-refractivity contribution in [1.29, 1.82) is 0 Å². The van der Waals surface area contributed by atoms with E-state index in [9.17, 15) is 0 Å². The molecule has 106 valence electrons. The maximum absolute atomic E-state index is 3.48. The van der Waals surface area contributed by atoms with Gasteiger partial charge in [-0.2, -0.15) is 0 Å². The molecule has 0 aromatic rings. The van der Waals surface area contributed by atoms with E-state index in [1.165, 1.54) is 95.2 Å². The van der Waals surface area contributed by atoms with Crippen LogP contribution in [0.2, 0.25) is 0 Å². The Labute approximate surface area is 146 Å². The van der Waals surface area contributed by atoms with E-state index in [0.29, 0.717) is 0 Å². The third-order valence-corrected chi connectivity index (χ3v) is 4.05. The van der Waals surface area contributed by atoms with Gasteiger partial charge in [-0.05, 0) is 6.42 Å². The number of hydrogen-bond acceptors (Lipinski definition) is 0. The van der Waals surface area contributed by atoms with Gasteiger partial charge in [0.1, 0.15) is 0 Å². The molecule has 0 nitrogen and oxygen atoms in total. The SMILES string of the molecule is CCCCCCCCCCCCCCCCBr.[NaH]. The molecule has 0 bridgehead atoms. The fourth-order valence-electron chi connectivity index (χ4n) is 2.29. The van der Waals surface area contributed by atoms with Crippen LogP contribution >= 0.6 is 15.9 Å². The third-order valence-electron chi connectivity index (χ3n) is 3.49. The first-order valence-corrected chi connectivity index (χ1v) is 9.10. The molecular formula is C16H34BrNa. The molecule has 2 heteroatoms. The zero-order valence-electron chi connectivity index (χ0n) is 12.0. The van der Waals surface area contributed by atoms with Crippen LogP contribution in [0.15, 0.2) is 0 Å². The summed E-state index contributed by atoms with van der Waals surface area (Å²) in [4.78, 5) is 0. The van der Waals surface area contributed by atoms with Crippen LogP contribution in [0.25, 0.3) is 0 Å². The Kier molecular flexibility index (Phi) is 25.1. The second kappa shape index (κ2) is 20.8. The van der Waals surface area contributed by atoms with Crippen LogP contribution < -0.4 is 0 Å². The standard InChI is InChI=1S/C16H33Br.Na.H/c1-2-3-4-5-6-7-8-9-10-11-12-13-14-15-16-17;;/h2-16H2,1H3;;. The van der Waals surface area contributed by atoms with E-state index in [2.05, 4.69) is 22.9 Å². The molecule has 0 rings (SSSR count). The quantitative estimate of drug-likeness (QED) is 0.202. The zero-order valence-corrected chi connectivity index (χ0v) is 13.6. The number of alkyl halides is 1. The van der Waals surface area contributed by atoms with E-state index >= 15 is 0 Å². The molecule has 0 saturated carbocycles. The summed E-state index contributed by atoms with van der Waals surface area (Å²) in [5.41, 5.74) is 0. The topological polar surface area (TPSA) is 0 Å². The van der Waals surface area contributed by atoms with Gasteiger partial charge in [0.2, 0.25) is 0 Å². The predicted octanol–water partition coefficient (Wildman–Crippen LogP) is 6.21. The number of hydrogen-bond donors (Lipinski definition) is 0. The van der Waals surface area contributed by atoms with Gasteiger partial charge in [-0.25, -0.2) is 0 Å². The fourth-order valence-corrected chi connectivity index (χ4v) is 2.69. The molecule has 0 atom stereocenters. The molecule has 0 fully saturated rings. The zero-order chi connectivity index (χ0) is 12.6. The summed E-state index contributed by atoms with van der Waals surface area (Å²) in [5, 5.41) is 1.19. The average molecular weight is 329 g/mol. The Morgan fingerprint density at radius 2 is 0.778 bits per heavy atom. The van der Waals surface area contributed by atoms with Crippen LogP contribution in [0.1, 0.15) is 96.8 Å². The van der Waals surface area contributed by atoms with Crippen molar-refractivity contribution >= 4 is 45.5 Å². The summed E-state index contributed by atoms with van der Waals surface area (Å²) in [6.07, 6.45) is 20.3. The minimum atomic E-state index is 0. The molecule has 0 saturated heterocycles. The molecule has 18 heavy (non-hydrogen) atoms. The maximum atomic E-state index is 3.48. The normalized spacial score (nSPS) is 10.3. The van der Waals surface area contributed by atoms with Crippen LogP contribution in [-0.2, 0) is 0 Å². The van der Waals surface area contributed by atoms with Crippen molar-refractivity contribution in [3.8, 4) is 0 Å². The monoisotopic (exact) mass is 328 g/mol. The van der Waals surface area contributed by atoms with E-state index in [0.717, 1.165) is 0 Å². The van der Waals surface area contributed by atoms with Gasteiger partial charge < -0.3 is 0 Å². The van der Waals surface area contributed by atoms with Gasteiger partial charge >= 0.3 is 29.6 Å². The average Bonchev–Trinajstić information content (AvgIpc) is 2.35. The second-order valence-electron chi connectivity index (χ2n) is 5.29. The molecule has 0 aliphatic heterocycles. The molecule has 0 radical (unpaired) electrons. The summed E-state index contributed by atoms with van der Waals surface area (Å²) in [6, 6.07) is 0. The van der Waals surface area contributed by atoms with Crippen molar-refractivity contribution in [1.82, 2.24) is 0 Å². The van der Waals surface area contributed by atoms with Crippen LogP contribution in [0.4, 0.5) is 0 Å². The summed E-state index contributed by atoms with van der Waals surface area (Å²) in [5.74, 6) is 0. The van der Waals surface area contributed by atoms with E-state index in [1.807, 2.05) is 0 Å². The van der Waals surface area contributed by atoms with E-state index < -0.39 is 0 Å². The van der Waals surface area contributed by atoms with E-state index in [-0.39, 0.29) is 29.6 Å². The van der Waals surface area contributed by atoms with Gasteiger partial charge in [0.15, 0.2) is 0 Å². The van der Waals surface area contributed by atoms with Crippen molar-refractivity contribution in [3.63, 3.8) is 0 Å². The van der Waals surface area contributed by atoms with E-state index in [1.54, 1.807) is 0 Å². The fraction of sp³-hybridized carbons (Fsp3) is 1.00. The number of unbranched alkanes of at least 4 members (excludes halogenated alkanes) is 13. The van der Waals surface area contributed by atoms with E-state index in [4.69, 9.17) is 0 Å². The molecule has 0 N–H and O–H groups in total. The Balaban J connectivity index is 0. The molecule has 0 aromatic heterocycles. The molecule has 0 heterocycles. The number of rotatable bonds is 14. The van der Waals surface area contributed by atoms with Crippen molar-refractivity contribution in [2.24, 2.45) is 0 Å². The Morgan fingerprint density at radius 3 is 1.06 bits per heavy atom. The molecular weight excluding hydrogens is 295 g/mol. The Bertz CT molecular complexity index is 114. The first-order chi connectivity index (χ1) is 8.41. The molecule has 0 aliphatic rings. The number of halogens is 1. The van der Waals surface area contributed by atoms with Gasteiger partial charge in [0.25, 0.3) is 0 Å². The molecule has 0 amide bonds. The molecule has 0 unspecified atom stereocenters. The predicted molar refractivity (Wildman–Crippen MR) is 91.3 cm³/mol. The van der Waals surface area contributed by atoms with Gasteiger partial charge in [0, 0.05) is 5.33 Å². The van der Waals surface area contributed by atoms with Crippen molar-refractivity contribution in [2.45, 2.75) is 96.8 Å². The van der Waals surface area contributed by atoms with Crippen LogP contribution in [0.5, 0.6) is 0 Å². The Hall–Kier alpha value is 1.48. The minimum absolute atomic E-state index is 0. The van der Waals surface area contributed by atoms with Gasteiger partial charge in [0.05, 0.1) is 0 Å². The first-order valence-electron chi connectivity index (χ1n) is 7.97. The van der Waals surface area contributed by atoms with Gasteiger partial charge in [-0.3, -0.25) is 0 Å². The van der Waals surface area contributed by atoms with Gasteiger partial charge in [-0.1, -0.05) is 106 Å². The molecule has 0 spiro atoms. The van der Waals surface area contributed by atoms with Crippen LogP contribution in [0, 0.1) is 0 Å². The Morgan fingerprint density at radius 1 is 0.500 bits per heavy atom. The summed E-state index contributed by atoms with van der Waals surface area (Å²) < 4.78 is 0. The summed E-state index contributed by atoms with van der Waals surface area (Å²) in [6.45, 7) is 2.29. The van der Waals surface area contributed by atoms with Crippen molar-refractivity contribution < 1.29 is 0 Å². The summed E-state index contributed by atoms with van der Waals surface area (Å²) in [7, 11) is 0. The molecule has 0 aliphatic carbocycles. The van der Waals surface area contributed by atoms with Crippen LogP contribution in [-0.4, -0.2) is 34.9 Å².